The van der Waals surface area contributed by atoms with Gasteiger partial charge in [-0.15, -0.1) is 0 Å². The minimum atomic E-state index is -0.736. The smallest absolute Gasteiger partial charge is 0.307 e. The summed E-state index contributed by atoms with van der Waals surface area (Å²) in [7, 11) is 0. The fourth-order valence-electron chi connectivity index (χ4n) is 1.15. The predicted molar refractivity (Wildman–Crippen MR) is 61.9 cm³/mol. The maximum atomic E-state index is 10.7. The highest BCUT2D eigenvalue weighted by Gasteiger charge is 2.20. The van der Waals surface area contributed by atoms with E-state index in [-0.39, 0.29) is 12.0 Å². The third-order valence-electron chi connectivity index (χ3n) is 2.26. The van der Waals surface area contributed by atoms with Crippen molar-refractivity contribution in [2.45, 2.75) is 39.8 Å². The van der Waals surface area contributed by atoms with E-state index in [0.29, 0.717) is 6.04 Å². The summed E-state index contributed by atoms with van der Waals surface area (Å²) in [4.78, 5) is 10.7. The van der Waals surface area contributed by atoms with Crippen molar-refractivity contribution in [1.82, 2.24) is 5.32 Å². The summed E-state index contributed by atoms with van der Waals surface area (Å²) in [5.74, 6) is 1.08. The lowest BCUT2D eigenvalue weighted by Gasteiger charge is -2.22. The largest absolute Gasteiger partial charge is 0.481 e. The first-order valence-corrected chi connectivity index (χ1v) is 6.21. The number of hydrogen-bond donors (Lipinski definition) is 2. The van der Waals surface area contributed by atoms with Crippen LogP contribution < -0.4 is 5.32 Å². The Bertz CT molecular complexity index is 176. The zero-order valence-electron chi connectivity index (χ0n) is 9.41. The van der Waals surface area contributed by atoms with Gasteiger partial charge in [-0.3, -0.25) is 4.79 Å². The van der Waals surface area contributed by atoms with Crippen LogP contribution in [0.15, 0.2) is 0 Å². The molecule has 0 saturated carbocycles. The van der Waals surface area contributed by atoms with Gasteiger partial charge in [0.2, 0.25) is 0 Å². The van der Waals surface area contributed by atoms with Crippen LogP contribution >= 0.6 is 11.8 Å². The molecule has 0 bridgehead atoms. The quantitative estimate of drug-likeness (QED) is 0.686. The van der Waals surface area contributed by atoms with Gasteiger partial charge >= 0.3 is 5.97 Å². The Kier molecular flexibility index (Phi) is 7.01. The molecule has 0 heterocycles. The molecule has 0 aromatic rings. The number of nitrogens with one attached hydrogen (secondary N) is 1. The molecule has 0 aliphatic heterocycles. The first-order valence-electron chi connectivity index (χ1n) is 5.05. The van der Waals surface area contributed by atoms with Crippen LogP contribution in [0.2, 0.25) is 0 Å². The number of carboxylic acids is 1. The molecule has 0 aromatic heterocycles. The molecule has 84 valence electrons. The van der Waals surface area contributed by atoms with Gasteiger partial charge in [-0.25, -0.2) is 0 Å². The van der Waals surface area contributed by atoms with E-state index < -0.39 is 5.97 Å². The zero-order valence-corrected chi connectivity index (χ0v) is 10.2. The van der Waals surface area contributed by atoms with Crippen molar-refractivity contribution in [3.63, 3.8) is 0 Å². The molecular weight excluding hydrogens is 198 g/mol. The number of thioether (sulfide) groups is 1. The minimum absolute atomic E-state index is 0.0277. The highest BCUT2D eigenvalue weighted by Crippen LogP contribution is 2.06. The van der Waals surface area contributed by atoms with Gasteiger partial charge in [0.15, 0.2) is 0 Å². The van der Waals surface area contributed by atoms with E-state index in [1.807, 2.05) is 18.7 Å². The highest BCUT2D eigenvalue weighted by molar-refractivity contribution is 7.99. The van der Waals surface area contributed by atoms with E-state index in [2.05, 4.69) is 19.2 Å². The Labute approximate surface area is 90.7 Å². The monoisotopic (exact) mass is 219 g/mol. The molecular formula is C10H21NO2S. The standard InChI is InChI=1S/C10H21NO2S/c1-5-14-6-7(2)11-9(4)8(3)10(12)13/h7-9,11H,5-6H2,1-4H3,(H,12,13). The van der Waals surface area contributed by atoms with Gasteiger partial charge in [0.05, 0.1) is 5.92 Å². The maximum absolute atomic E-state index is 10.7. The van der Waals surface area contributed by atoms with Crippen molar-refractivity contribution in [2.75, 3.05) is 11.5 Å². The van der Waals surface area contributed by atoms with Crippen LogP contribution in [-0.4, -0.2) is 34.7 Å². The van der Waals surface area contributed by atoms with E-state index in [0.717, 1.165) is 11.5 Å². The van der Waals surface area contributed by atoms with Gasteiger partial charge in [0.1, 0.15) is 0 Å². The summed E-state index contributed by atoms with van der Waals surface area (Å²) in [5.41, 5.74) is 0. The van der Waals surface area contributed by atoms with Crippen LogP contribution in [0.25, 0.3) is 0 Å². The second kappa shape index (κ2) is 7.12. The van der Waals surface area contributed by atoms with Gasteiger partial charge in [-0.05, 0) is 19.6 Å². The summed E-state index contributed by atoms with van der Waals surface area (Å²) in [6.07, 6.45) is 0. The summed E-state index contributed by atoms with van der Waals surface area (Å²) in [6.45, 7) is 7.88. The second-order valence-electron chi connectivity index (χ2n) is 3.64. The van der Waals surface area contributed by atoms with Crippen molar-refractivity contribution >= 4 is 17.7 Å². The molecule has 3 nitrogen and oxygen atoms in total. The van der Waals surface area contributed by atoms with Crippen LogP contribution in [0.3, 0.4) is 0 Å². The molecule has 0 fully saturated rings. The average molecular weight is 219 g/mol. The normalized spacial score (nSPS) is 17.4. The van der Waals surface area contributed by atoms with Crippen molar-refractivity contribution in [2.24, 2.45) is 5.92 Å². The molecule has 0 aromatic carbocycles. The van der Waals surface area contributed by atoms with Crippen LogP contribution in [0.1, 0.15) is 27.7 Å². The number of carboxylic acid groups (broad SMARTS) is 1. The molecule has 4 heteroatoms. The molecule has 0 aliphatic carbocycles. The second-order valence-corrected chi connectivity index (χ2v) is 4.96. The Morgan fingerprint density at radius 2 is 2.00 bits per heavy atom. The topological polar surface area (TPSA) is 49.3 Å². The molecule has 3 atom stereocenters. The van der Waals surface area contributed by atoms with Crippen molar-refractivity contribution in [3.05, 3.63) is 0 Å². The highest BCUT2D eigenvalue weighted by atomic mass is 32.2. The number of rotatable bonds is 7. The number of aliphatic carboxylic acids is 1. The maximum Gasteiger partial charge on any atom is 0.307 e. The van der Waals surface area contributed by atoms with Crippen LogP contribution in [0.4, 0.5) is 0 Å². The summed E-state index contributed by atoms with van der Waals surface area (Å²) in [6, 6.07) is 0.400. The Balaban J connectivity index is 3.80. The van der Waals surface area contributed by atoms with Crippen LogP contribution in [0, 0.1) is 5.92 Å². The van der Waals surface area contributed by atoms with Crippen molar-refractivity contribution < 1.29 is 9.90 Å². The molecule has 3 unspecified atom stereocenters. The van der Waals surface area contributed by atoms with Crippen LogP contribution in [-0.2, 0) is 4.79 Å². The SMILES string of the molecule is CCSCC(C)NC(C)C(C)C(=O)O. The average Bonchev–Trinajstić information content (AvgIpc) is 2.13. The summed E-state index contributed by atoms with van der Waals surface area (Å²) < 4.78 is 0. The molecule has 0 rings (SSSR count). The van der Waals surface area contributed by atoms with Crippen molar-refractivity contribution in [1.29, 1.82) is 0 Å². The van der Waals surface area contributed by atoms with Crippen LogP contribution in [0.5, 0.6) is 0 Å². The lowest BCUT2D eigenvalue weighted by atomic mass is 10.0. The van der Waals surface area contributed by atoms with Gasteiger partial charge in [0.25, 0.3) is 0 Å². The Hall–Kier alpha value is -0.220. The van der Waals surface area contributed by atoms with Gasteiger partial charge in [-0.2, -0.15) is 11.8 Å². The lowest BCUT2D eigenvalue weighted by Crippen LogP contribution is -2.42. The summed E-state index contributed by atoms with van der Waals surface area (Å²) in [5, 5.41) is 12.1. The summed E-state index contributed by atoms with van der Waals surface area (Å²) >= 11 is 1.87. The Morgan fingerprint density at radius 3 is 2.43 bits per heavy atom. The number of carbonyl (C=O) groups is 1. The molecule has 0 amide bonds. The third kappa shape index (κ3) is 5.50. The van der Waals surface area contributed by atoms with Crippen molar-refractivity contribution in [3.8, 4) is 0 Å². The van der Waals surface area contributed by atoms with E-state index in [1.54, 1.807) is 6.92 Å². The van der Waals surface area contributed by atoms with E-state index in [1.165, 1.54) is 0 Å². The third-order valence-corrected chi connectivity index (χ3v) is 3.40. The predicted octanol–water partition coefficient (Wildman–Crippen LogP) is 1.83. The molecule has 2 N–H and O–H groups in total. The fourth-order valence-corrected chi connectivity index (χ4v) is 1.84. The van der Waals surface area contributed by atoms with Gasteiger partial charge in [-0.1, -0.05) is 13.8 Å². The zero-order chi connectivity index (χ0) is 11.1. The molecule has 0 saturated heterocycles. The van der Waals surface area contributed by atoms with Gasteiger partial charge < -0.3 is 10.4 Å². The number of hydrogen-bond acceptors (Lipinski definition) is 3. The van der Waals surface area contributed by atoms with E-state index in [9.17, 15) is 4.79 Å². The Morgan fingerprint density at radius 1 is 1.43 bits per heavy atom. The van der Waals surface area contributed by atoms with E-state index in [4.69, 9.17) is 5.11 Å². The molecule has 14 heavy (non-hydrogen) atoms. The molecule has 0 spiro atoms. The van der Waals surface area contributed by atoms with Gasteiger partial charge in [0, 0.05) is 17.8 Å². The first-order chi connectivity index (χ1) is 6.49. The lowest BCUT2D eigenvalue weighted by molar-refractivity contribution is -0.141. The first kappa shape index (κ1) is 13.8. The fraction of sp³-hybridized carbons (Fsp3) is 0.900. The molecule has 0 aliphatic rings. The van der Waals surface area contributed by atoms with E-state index >= 15 is 0 Å². The molecule has 0 radical (unpaired) electrons. The minimum Gasteiger partial charge on any atom is -0.481 e.